The molecule has 0 aliphatic rings. The zero-order chi connectivity index (χ0) is 9.84. The molecule has 1 rings (SSSR count). The van der Waals surface area contributed by atoms with Gasteiger partial charge in [-0.15, -0.1) is 0 Å². The molecule has 1 unspecified atom stereocenters. The quantitative estimate of drug-likeness (QED) is 0.600. The number of benzene rings is 1. The van der Waals surface area contributed by atoms with E-state index in [-0.39, 0.29) is 10.1 Å². The van der Waals surface area contributed by atoms with Crippen molar-refractivity contribution in [2.24, 2.45) is 0 Å². The molecule has 0 spiro atoms. The molecule has 0 saturated heterocycles. The summed E-state index contributed by atoms with van der Waals surface area (Å²) in [5.41, 5.74) is 2.29. The van der Waals surface area contributed by atoms with E-state index in [1.54, 1.807) is 0 Å². The molecule has 0 fully saturated rings. The van der Waals surface area contributed by atoms with Gasteiger partial charge >= 0.3 is 0 Å². The standard InChI is InChI=1S/C10H10BrClO/c1-7-2-4-8(5-3-7)9(11)6-10(12)13/h2-5,9H,6H2,1H3. The van der Waals surface area contributed by atoms with Gasteiger partial charge in [-0.2, -0.15) is 0 Å². The van der Waals surface area contributed by atoms with Crippen molar-refractivity contribution < 1.29 is 4.79 Å². The number of hydrogen-bond acceptors (Lipinski definition) is 1. The molecule has 3 heteroatoms. The Hall–Kier alpha value is -0.340. The monoisotopic (exact) mass is 260 g/mol. The molecule has 1 nitrogen and oxygen atoms in total. The molecule has 13 heavy (non-hydrogen) atoms. The molecule has 0 amide bonds. The van der Waals surface area contributed by atoms with Gasteiger partial charge in [0.15, 0.2) is 0 Å². The van der Waals surface area contributed by atoms with Gasteiger partial charge in [0.2, 0.25) is 5.24 Å². The highest BCUT2D eigenvalue weighted by Gasteiger charge is 2.10. The fourth-order valence-electron chi connectivity index (χ4n) is 1.03. The van der Waals surface area contributed by atoms with E-state index in [1.807, 2.05) is 31.2 Å². The molecule has 0 radical (unpaired) electrons. The van der Waals surface area contributed by atoms with Crippen LogP contribution in [-0.2, 0) is 4.79 Å². The third-order valence-corrected chi connectivity index (χ3v) is 2.79. The smallest absolute Gasteiger partial charge is 0.223 e. The summed E-state index contributed by atoms with van der Waals surface area (Å²) in [6.45, 7) is 2.03. The second kappa shape index (κ2) is 4.77. The summed E-state index contributed by atoms with van der Waals surface area (Å²) < 4.78 is 0. The Bertz CT molecular complexity index is 294. The van der Waals surface area contributed by atoms with Gasteiger partial charge in [0.1, 0.15) is 0 Å². The van der Waals surface area contributed by atoms with E-state index in [9.17, 15) is 4.79 Å². The summed E-state index contributed by atoms with van der Waals surface area (Å²) in [4.78, 5) is 10.7. The SMILES string of the molecule is Cc1ccc(C(Br)CC(=O)Cl)cc1. The molecular formula is C10H10BrClO. The molecule has 0 heterocycles. The maximum Gasteiger partial charge on any atom is 0.223 e. The van der Waals surface area contributed by atoms with Crippen LogP contribution >= 0.6 is 27.5 Å². The Labute approximate surface area is 91.2 Å². The average Bonchev–Trinajstić information content (AvgIpc) is 2.04. The first-order valence-corrected chi connectivity index (χ1v) is 5.28. The minimum absolute atomic E-state index is 0.0260. The molecule has 0 N–H and O–H groups in total. The van der Waals surface area contributed by atoms with Crippen molar-refractivity contribution in [3.05, 3.63) is 35.4 Å². The predicted octanol–water partition coefficient (Wildman–Crippen LogP) is 3.59. The Morgan fingerprint density at radius 2 is 2.00 bits per heavy atom. The van der Waals surface area contributed by atoms with Crippen LogP contribution in [0.3, 0.4) is 0 Å². The Balaban J connectivity index is 2.71. The maximum atomic E-state index is 10.6. The van der Waals surface area contributed by atoms with E-state index in [0.717, 1.165) is 5.56 Å². The number of carbonyl (C=O) groups is 1. The highest BCUT2D eigenvalue weighted by Crippen LogP contribution is 2.27. The highest BCUT2D eigenvalue weighted by atomic mass is 79.9. The molecular weight excluding hydrogens is 251 g/mol. The molecule has 0 bridgehead atoms. The van der Waals surface area contributed by atoms with Crippen molar-refractivity contribution in [1.29, 1.82) is 0 Å². The fraction of sp³-hybridized carbons (Fsp3) is 0.300. The first-order chi connectivity index (χ1) is 6.09. The van der Waals surface area contributed by atoms with Crippen LogP contribution in [-0.4, -0.2) is 5.24 Å². The van der Waals surface area contributed by atoms with Gasteiger partial charge in [-0.1, -0.05) is 45.8 Å². The normalized spacial score (nSPS) is 12.5. The van der Waals surface area contributed by atoms with Crippen LogP contribution in [0.4, 0.5) is 0 Å². The minimum Gasteiger partial charge on any atom is -0.281 e. The molecule has 0 saturated carbocycles. The van der Waals surface area contributed by atoms with E-state index in [1.165, 1.54) is 5.56 Å². The topological polar surface area (TPSA) is 17.1 Å². The summed E-state index contributed by atoms with van der Waals surface area (Å²) >= 11 is 8.69. The molecule has 1 aromatic rings. The first kappa shape index (κ1) is 10.7. The number of halogens is 2. The Morgan fingerprint density at radius 3 is 2.46 bits per heavy atom. The lowest BCUT2D eigenvalue weighted by atomic mass is 10.1. The van der Waals surface area contributed by atoms with Crippen LogP contribution in [0.25, 0.3) is 0 Å². The number of hydrogen-bond donors (Lipinski definition) is 0. The zero-order valence-electron chi connectivity index (χ0n) is 7.26. The van der Waals surface area contributed by atoms with Crippen molar-refractivity contribution in [3.63, 3.8) is 0 Å². The maximum absolute atomic E-state index is 10.6. The highest BCUT2D eigenvalue weighted by molar-refractivity contribution is 9.09. The summed E-state index contributed by atoms with van der Waals surface area (Å²) in [5.74, 6) is 0. The van der Waals surface area contributed by atoms with Crippen molar-refractivity contribution >= 4 is 32.8 Å². The van der Waals surface area contributed by atoms with Gasteiger partial charge in [-0.3, -0.25) is 4.79 Å². The van der Waals surface area contributed by atoms with Gasteiger partial charge in [-0.05, 0) is 24.1 Å². The van der Waals surface area contributed by atoms with Gasteiger partial charge in [0.05, 0.1) is 0 Å². The van der Waals surface area contributed by atoms with Crippen molar-refractivity contribution in [1.82, 2.24) is 0 Å². The number of rotatable bonds is 3. The molecule has 70 valence electrons. The molecule has 0 aliphatic heterocycles. The van der Waals surface area contributed by atoms with Crippen LogP contribution in [0.2, 0.25) is 0 Å². The lowest BCUT2D eigenvalue weighted by Crippen LogP contribution is -1.95. The van der Waals surface area contributed by atoms with Crippen LogP contribution in [0.5, 0.6) is 0 Å². The van der Waals surface area contributed by atoms with Gasteiger partial charge in [0.25, 0.3) is 0 Å². The molecule has 0 aliphatic carbocycles. The van der Waals surface area contributed by atoms with Gasteiger partial charge < -0.3 is 0 Å². The lowest BCUT2D eigenvalue weighted by Gasteiger charge is -2.06. The van der Waals surface area contributed by atoms with E-state index < -0.39 is 0 Å². The van der Waals surface area contributed by atoms with Crippen LogP contribution in [0.1, 0.15) is 22.4 Å². The van der Waals surface area contributed by atoms with Crippen LogP contribution < -0.4 is 0 Å². The van der Waals surface area contributed by atoms with Crippen LogP contribution in [0.15, 0.2) is 24.3 Å². The van der Waals surface area contributed by atoms with Crippen molar-refractivity contribution in [2.75, 3.05) is 0 Å². The number of alkyl halides is 1. The van der Waals surface area contributed by atoms with Crippen molar-refractivity contribution in [2.45, 2.75) is 18.2 Å². The molecule has 1 atom stereocenters. The third kappa shape index (κ3) is 3.49. The third-order valence-electron chi connectivity index (χ3n) is 1.78. The predicted molar refractivity (Wildman–Crippen MR) is 58.3 cm³/mol. The zero-order valence-corrected chi connectivity index (χ0v) is 9.60. The lowest BCUT2D eigenvalue weighted by molar-refractivity contribution is -0.111. The molecule has 0 aromatic heterocycles. The Morgan fingerprint density at radius 1 is 1.46 bits per heavy atom. The minimum atomic E-state index is -0.317. The average molecular weight is 262 g/mol. The summed E-state index contributed by atoms with van der Waals surface area (Å²) in [6.07, 6.45) is 0.324. The van der Waals surface area contributed by atoms with E-state index in [0.29, 0.717) is 6.42 Å². The summed E-state index contributed by atoms with van der Waals surface area (Å²) in [6, 6.07) is 8.02. The van der Waals surface area contributed by atoms with E-state index in [4.69, 9.17) is 11.6 Å². The van der Waals surface area contributed by atoms with Gasteiger partial charge in [0, 0.05) is 11.2 Å². The largest absolute Gasteiger partial charge is 0.281 e. The first-order valence-electron chi connectivity index (χ1n) is 3.98. The van der Waals surface area contributed by atoms with Crippen LogP contribution in [0, 0.1) is 6.92 Å². The van der Waals surface area contributed by atoms with Gasteiger partial charge in [-0.25, -0.2) is 0 Å². The summed E-state index contributed by atoms with van der Waals surface area (Å²) in [5, 5.41) is -0.317. The Kier molecular flexibility index (Phi) is 3.94. The number of carbonyl (C=O) groups excluding carboxylic acids is 1. The second-order valence-corrected chi connectivity index (χ2v) is 4.46. The van der Waals surface area contributed by atoms with E-state index in [2.05, 4.69) is 15.9 Å². The summed E-state index contributed by atoms with van der Waals surface area (Å²) in [7, 11) is 0. The van der Waals surface area contributed by atoms with Crippen molar-refractivity contribution in [3.8, 4) is 0 Å². The van der Waals surface area contributed by atoms with E-state index >= 15 is 0 Å². The fourth-order valence-corrected chi connectivity index (χ4v) is 1.97. The molecule has 1 aromatic carbocycles. The second-order valence-electron chi connectivity index (χ2n) is 2.94. The number of aryl methyl sites for hydroxylation is 1.